The van der Waals surface area contributed by atoms with Crippen molar-refractivity contribution in [3.05, 3.63) is 77.6 Å². The van der Waals surface area contributed by atoms with Crippen LogP contribution in [-0.4, -0.2) is 85.5 Å². The molecule has 1 N–H and O–H groups in total. The number of amides is 2. The van der Waals surface area contributed by atoms with Gasteiger partial charge in [-0.1, -0.05) is 36.9 Å². The van der Waals surface area contributed by atoms with Crippen LogP contribution >= 0.6 is 0 Å². The fourth-order valence-corrected chi connectivity index (χ4v) is 6.24. The minimum Gasteiger partial charge on any atom is -0.365 e. The average Bonchev–Trinajstić information content (AvgIpc) is 2.96. The van der Waals surface area contributed by atoms with Crippen molar-refractivity contribution in [2.75, 3.05) is 56.6 Å². The van der Waals surface area contributed by atoms with E-state index in [1.807, 2.05) is 30.0 Å². The average molecular weight is 555 g/mol. The molecule has 2 aliphatic heterocycles. The number of carbonyl (C=O) groups excluding carboxylic acids is 2. The van der Waals surface area contributed by atoms with E-state index in [2.05, 4.69) is 78.9 Å². The minimum atomic E-state index is -0.157. The molecule has 3 heterocycles. The number of nitrogens with zero attached hydrogens (tertiary/aromatic N) is 5. The predicted octanol–water partition coefficient (Wildman–Crippen LogP) is 4.01. The topological polar surface area (TPSA) is 72.0 Å². The van der Waals surface area contributed by atoms with Crippen LogP contribution in [0.1, 0.15) is 41.2 Å². The molecule has 0 saturated carbocycles. The van der Waals surface area contributed by atoms with Gasteiger partial charge in [0.25, 0.3) is 5.91 Å². The van der Waals surface area contributed by atoms with Crippen molar-refractivity contribution >= 4 is 34.0 Å². The molecular weight excluding hydrogens is 512 g/mol. The summed E-state index contributed by atoms with van der Waals surface area (Å²) in [4.78, 5) is 39.5. The van der Waals surface area contributed by atoms with Gasteiger partial charge in [-0.3, -0.25) is 9.59 Å². The number of anilines is 2. The number of fused-ring (bicyclic) bond motifs is 2. The van der Waals surface area contributed by atoms with Gasteiger partial charge < -0.3 is 24.9 Å². The standard InChI is InChI=1S/C33H42N6O2/c1-7-31(40)39-20-23(3)38(19-24(39)4)30-18-27(33(41)34-15-17-36(5)6)35-28-21-37(16-14-26(28)30)29-13-9-12-25-11-8-10-22(2)32(25)29/h7-13,18,23-24H,1,14-17,19-21H2,2-6H3,(H,34,41)/t23-,24+/m0/s1. The molecule has 3 aromatic rings. The first-order chi connectivity index (χ1) is 19.7. The molecule has 216 valence electrons. The largest absolute Gasteiger partial charge is 0.365 e. The van der Waals surface area contributed by atoms with Crippen LogP contribution in [0.25, 0.3) is 10.8 Å². The first-order valence-electron chi connectivity index (χ1n) is 14.6. The summed E-state index contributed by atoms with van der Waals surface area (Å²) in [5.74, 6) is -0.196. The van der Waals surface area contributed by atoms with E-state index in [-0.39, 0.29) is 23.9 Å². The van der Waals surface area contributed by atoms with Crippen molar-refractivity contribution in [1.82, 2.24) is 20.1 Å². The molecule has 0 spiro atoms. The number of benzene rings is 2. The Labute approximate surface area is 243 Å². The van der Waals surface area contributed by atoms with Crippen molar-refractivity contribution in [2.24, 2.45) is 0 Å². The number of hydrogen-bond donors (Lipinski definition) is 1. The third-order valence-electron chi connectivity index (χ3n) is 8.42. The van der Waals surface area contributed by atoms with Gasteiger partial charge in [0, 0.05) is 67.1 Å². The number of hydrogen-bond acceptors (Lipinski definition) is 6. The molecule has 8 nitrogen and oxygen atoms in total. The Bertz CT molecular complexity index is 1460. The summed E-state index contributed by atoms with van der Waals surface area (Å²) in [5.41, 5.74) is 6.10. The normalized spacial score (nSPS) is 18.9. The molecule has 2 aliphatic rings. The van der Waals surface area contributed by atoms with Crippen LogP contribution in [0.15, 0.2) is 55.1 Å². The molecule has 2 amide bonds. The number of nitrogens with one attached hydrogen (secondary N) is 1. The maximum absolute atomic E-state index is 13.4. The van der Waals surface area contributed by atoms with Crippen LogP contribution < -0.4 is 15.1 Å². The Balaban J connectivity index is 1.52. The molecule has 0 bridgehead atoms. The lowest BCUT2D eigenvalue weighted by molar-refractivity contribution is -0.128. The van der Waals surface area contributed by atoms with Crippen molar-refractivity contribution < 1.29 is 9.59 Å². The zero-order valence-electron chi connectivity index (χ0n) is 25.0. The number of carbonyl (C=O) groups is 2. The van der Waals surface area contributed by atoms with Gasteiger partial charge >= 0.3 is 0 Å². The lowest BCUT2D eigenvalue weighted by atomic mass is 9.96. The highest BCUT2D eigenvalue weighted by Crippen LogP contribution is 2.36. The van der Waals surface area contributed by atoms with Gasteiger partial charge in [-0.05, 0) is 70.4 Å². The van der Waals surface area contributed by atoms with Crippen LogP contribution in [0.2, 0.25) is 0 Å². The van der Waals surface area contributed by atoms with Crippen molar-refractivity contribution in [3.63, 3.8) is 0 Å². The SMILES string of the molecule is C=CC(=O)N1C[C@H](C)N(c2cc(C(=O)NCCN(C)C)nc3c2CCN(c2cccc4cccc(C)c24)C3)C[C@H]1C. The molecule has 0 unspecified atom stereocenters. The van der Waals surface area contributed by atoms with E-state index in [1.54, 1.807) is 0 Å². The Morgan fingerprint density at radius 1 is 1.10 bits per heavy atom. The number of aryl methyl sites for hydroxylation is 1. The van der Waals surface area contributed by atoms with E-state index < -0.39 is 0 Å². The molecule has 1 saturated heterocycles. The summed E-state index contributed by atoms with van der Waals surface area (Å²) in [6.45, 7) is 14.2. The zero-order chi connectivity index (χ0) is 29.3. The van der Waals surface area contributed by atoms with E-state index >= 15 is 0 Å². The predicted molar refractivity (Wildman–Crippen MR) is 167 cm³/mol. The monoisotopic (exact) mass is 554 g/mol. The number of pyridine rings is 1. The molecule has 2 atom stereocenters. The molecule has 1 aromatic heterocycles. The van der Waals surface area contributed by atoms with E-state index in [9.17, 15) is 9.59 Å². The summed E-state index contributed by atoms with van der Waals surface area (Å²) in [6.07, 6.45) is 2.22. The van der Waals surface area contributed by atoms with Crippen molar-refractivity contribution in [1.29, 1.82) is 0 Å². The van der Waals surface area contributed by atoms with Gasteiger partial charge in [0.2, 0.25) is 5.91 Å². The molecule has 41 heavy (non-hydrogen) atoms. The molecular formula is C33H42N6O2. The third kappa shape index (κ3) is 5.79. The summed E-state index contributed by atoms with van der Waals surface area (Å²) in [5, 5.41) is 5.55. The van der Waals surface area contributed by atoms with Crippen LogP contribution in [0.3, 0.4) is 0 Å². The molecule has 0 aliphatic carbocycles. The highest BCUT2D eigenvalue weighted by molar-refractivity contribution is 5.97. The fraction of sp³-hybridized carbons (Fsp3) is 0.424. The van der Waals surface area contributed by atoms with Crippen molar-refractivity contribution in [3.8, 4) is 0 Å². The maximum atomic E-state index is 13.4. The molecule has 1 fully saturated rings. The van der Waals surface area contributed by atoms with E-state index in [0.717, 1.165) is 30.9 Å². The van der Waals surface area contributed by atoms with E-state index in [1.165, 1.54) is 33.7 Å². The molecule has 0 radical (unpaired) electrons. The lowest BCUT2D eigenvalue weighted by Gasteiger charge is -2.46. The maximum Gasteiger partial charge on any atom is 0.270 e. The highest BCUT2D eigenvalue weighted by atomic mass is 16.2. The number of rotatable bonds is 7. The second kappa shape index (κ2) is 11.9. The summed E-state index contributed by atoms with van der Waals surface area (Å²) in [7, 11) is 3.98. The van der Waals surface area contributed by atoms with E-state index in [0.29, 0.717) is 31.9 Å². The second-order valence-corrected chi connectivity index (χ2v) is 11.7. The quantitative estimate of drug-likeness (QED) is 0.445. The Morgan fingerprint density at radius 2 is 1.85 bits per heavy atom. The Morgan fingerprint density at radius 3 is 2.59 bits per heavy atom. The van der Waals surface area contributed by atoms with Gasteiger partial charge in [0.1, 0.15) is 5.69 Å². The first-order valence-corrected chi connectivity index (χ1v) is 14.6. The van der Waals surface area contributed by atoms with Gasteiger partial charge in [0.05, 0.1) is 12.2 Å². The van der Waals surface area contributed by atoms with Gasteiger partial charge in [-0.25, -0.2) is 4.98 Å². The van der Waals surface area contributed by atoms with Crippen LogP contribution in [0.5, 0.6) is 0 Å². The third-order valence-corrected chi connectivity index (χ3v) is 8.42. The van der Waals surface area contributed by atoms with Crippen LogP contribution in [0, 0.1) is 6.92 Å². The zero-order valence-corrected chi connectivity index (χ0v) is 25.0. The van der Waals surface area contributed by atoms with Crippen molar-refractivity contribution in [2.45, 2.75) is 45.8 Å². The number of piperazine rings is 1. The molecule has 2 aromatic carbocycles. The van der Waals surface area contributed by atoms with Gasteiger partial charge in [0.15, 0.2) is 0 Å². The second-order valence-electron chi connectivity index (χ2n) is 11.7. The summed E-state index contributed by atoms with van der Waals surface area (Å²) in [6, 6.07) is 15.0. The van der Waals surface area contributed by atoms with Gasteiger partial charge in [-0.15, -0.1) is 0 Å². The smallest absolute Gasteiger partial charge is 0.270 e. The molecule has 5 rings (SSSR count). The van der Waals surface area contributed by atoms with Crippen LogP contribution in [0.4, 0.5) is 11.4 Å². The van der Waals surface area contributed by atoms with Crippen LogP contribution in [-0.2, 0) is 17.8 Å². The van der Waals surface area contributed by atoms with E-state index in [4.69, 9.17) is 4.98 Å². The minimum absolute atomic E-state index is 0.0247. The first kappa shape index (κ1) is 28.6. The Hall–Kier alpha value is -3.91. The number of aromatic nitrogens is 1. The Kier molecular flexibility index (Phi) is 8.31. The summed E-state index contributed by atoms with van der Waals surface area (Å²) < 4.78 is 0. The van der Waals surface area contributed by atoms with Gasteiger partial charge in [-0.2, -0.15) is 0 Å². The lowest BCUT2D eigenvalue weighted by Crippen LogP contribution is -2.58. The fourth-order valence-electron chi connectivity index (χ4n) is 6.24. The summed E-state index contributed by atoms with van der Waals surface area (Å²) >= 11 is 0. The highest BCUT2D eigenvalue weighted by Gasteiger charge is 2.34. The number of likely N-dealkylation sites (N-methyl/N-ethyl adjacent to an activating group) is 1. The molecule has 8 heteroatoms.